The van der Waals surface area contributed by atoms with E-state index in [9.17, 15) is 4.79 Å². The summed E-state index contributed by atoms with van der Waals surface area (Å²) in [6, 6.07) is 1.50. The molecule has 5 nitrogen and oxygen atoms in total. The Bertz CT molecular complexity index is 357. The lowest BCUT2D eigenvalue weighted by atomic mass is 10.3. The predicted molar refractivity (Wildman–Crippen MR) is 59.3 cm³/mol. The Morgan fingerprint density at radius 1 is 1.73 bits per heavy atom. The van der Waals surface area contributed by atoms with E-state index in [0.717, 1.165) is 0 Å². The van der Waals surface area contributed by atoms with E-state index in [1.807, 2.05) is 0 Å². The van der Waals surface area contributed by atoms with Crippen LogP contribution in [-0.4, -0.2) is 36.3 Å². The van der Waals surface area contributed by atoms with Gasteiger partial charge in [0.2, 0.25) is 0 Å². The molecule has 0 unspecified atom stereocenters. The maximum Gasteiger partial charge on any atom is 0.337 e. The van der Waals surface area contributed by atoms with Crippen molar-refractivity contribution < 1.29 is 14.6 Å². The van der Waals surface area contributed by atoms with Gasteiger partial charge < -0.3 is 15.2 Å². The van der Waals surface area contributed by atoms with Crippen molar-refractivity contribution >= 4 is 27.7 Å². The number of hydrogen-bond acceptors (Lipinski definition) is 4. The van der Waals surface area contributed by atoms with Gasteiger partial charge in [0.25, 0.3) is 0 Å². The quantitative estimate of drug-likeness (QED) is 0.799. The first-order valence-corrected chi connectivity index (χ1v) is 5.06. The van der Waals surface area contributed by atoms with Crippen LogP contribution < -0.4 is 5.32 Å². The molecule has 0 atom stereocenters. The molecule has 0 aromatic carbocycles. The summed E-state index contributed by atoms with van der Waals surface area (Å²) in [5.74, 6) is -0.385. The standard InChI is InChI=1S/C9H11BrN2O3/c1-15-3-2-11-8-7(10)4-6(5-12-8)9(13)14/h4-5H,2-3H2,1H3,(H,11,12)(H,13,14). The van der Waals surface area contributed by atoms with Crippen molar-refractivity contribution in [2.24, 2.45) is 0 Å². The topological polar surface area (TPSA) is 71.5 Å². The lowest BCUT2D eigenvalue weighted by Gasteiger charge is -2.07. The normalized spacial score (nSPS) is 10.0. The molecule has 1 aromatic heterocycles. The number of rotatable bonds is 5. The van der Waals surface area contributed by atoms with E-state index in [2.05, 4.69) is 26.2 Å². The second-order valence-electron chi connectivity index (χ2n) is 2.78. The van der Waals surface area contributed by atoms with Gasteiger partial charge in [-0.15, -0.1) is 0 Å². The van der Waals surface area contributed by atoms with Gasteiger partial charge in [0.15, 0.2) is 0 Å². The molecule has 0 aliphatic rings. The third-order valence-corrected chi connectivity index (χ3v) is 2.29. The molecular weight excluding hydrogens is 264 g/mol. The lowest BCUT2D eigenvalue weighted by molar-refractivity contribution is 0.0696. The third-order valence-electron chi connectivity index (χ3n) is 1.69. The molecule has 0 saturated carbocycles. The zero-order valence-corrected chi connectivity index (χ0v) is 9.74. The number of aromatic carboxylic acids is 1. The molecule has 0 bridgehead atoms. The Hall–Kier alpha value is -1.14. The molecule has 82 valence electrons. The summed E-state index contributed by atoms with van der Waals surface area (Å²) in [5.41, 5.74) is 0.152. The van der Waals surface area contributed by atoms with E-state index in [0.29, 0.717) is 23.4 Å². The Kier molecular flexibility index (Phi) is 4.51. The smallest absolute Gasteiger partial charge is 0.337 e. The number of ether oxygens (including phenoxy) is 1. The van der Waals surface area contributed by atoms with Crippen LogP contribution >= 0.6 is 15.9 Å². The highest BCUT2D eigenvalue weighted by Gasteiger charge is 2.07. The number of carboxylic acids is 1. The molecule has 0 spiro atoms. The molecular formula is C9H11BrN2O3. The average molecular weight is 275 g/mol. The molecule has 0 aliphatic carbocycles. The van der Waals surface area contributed by atoms with Crippen LogP contribution in [0.1, 0.15) is 10.4 Å². The van der Waals surface area contributed by atoms with E-state index in [-0.39, 0.29) is 5.56 Å². The summed E-state index contributed by atoms with van der Waals surface area (Å²) in [4.78, 5) is 14.6. The van der Waals surface area contributed by atoms with Gasteiger partial charge in [-0.2, -0.15) is 0 Å². The summed E-state index contributed by atoms with van der Waals surface area (Å²) >= 11 is 3.24. The number of methoxy groups -OCH3 is 1. The van der Waals surface area contributed by atoms with Crippen molar-refractivity contribution in [3.63, 3.8) is 0 Å². The number of anilines is 1. The lowest BCUT2D eigenvalue weighted by Crippen LogP contribution is -2.10. The fourth-order valence-corrected chi connectivity index (χ4v) is 1.45. The minimum Gasteiger partial charge on any atom is -0.478 e. The molecule has 1 rings (SSSR count). The molecule has 0 radical (unpaired) electrons. The monoisotopic (exact) mass is 274 g/mol. The third kappa shape index (κ3) is 3.49. The number of nitrogens with one attached hydrogen (secondary N) is 1. The minimum atomic E-state index is -0.994. The second kappa shape index (κ2) is 5.67. The number of nitrogens with zero attached hydrogens (tertiary/aromatic N) is 1. The van der Waals surface area contributed by atoms with Crippen LogP contribution in [0.15, 0.2) is 16.7 Å². The number of hydrogen-bond donors (Lipinski definition) is 2. The van der Waals surface area contributed by atoms with Gasteiger partial charge in [-0.1, -0.05) is 0 Å². The average Bonchev–Trinajstić information content (AvgIpc) is 2.20. The number of aromatic nitrogens is 1. The van der Waals surface area contributed by atoms with Gasteiger partial charge in [0, 0.05) is 19.9 Å². The van der Waals surface area contributed by atoms with Crippen LogP contribution in [0, 0.1) is 0 Å². The van der Waals surface area contributed by atoms with Crippen molar-refractivity contribution in [3.05, 3.63) is 22.3 Å². The molecule has 6 heteroatoms. The summed E-state index contributed by atoms with van der Waals surface area (Å²) in [7, 11) is 1.61. The van der Waals surface area contributed by atoms with E-state index < -0.39 is 5.97 Å². The molecule has 0 amide bonds. The molecule has 0 aliphatic heterocycles. The molecule has 15 heavy (non-hydrogen) atoms. The maximum absolute atomic E-state index is 10.6. The molecule has 0 saturated heterocycles. The van der Waals surface area contributed by atoms with Crippen LogP contribution in [0.2, 0.25) is 0 Å². The van der Waals surface area contributed by atoms with E-state index in [1.165, 1.54) is 12.3 Å². The minimum absolute atomic E-state index is 0.152. The van der Waals surface area contributed by atoms with Crippen LogP contribution in [0.3, 0.4) is 0 Å². The Balaban J connectivity index is 2.70. The van der Waals surface area contributed by atoms with Gasteiger partial charge >= 0.3 is 5.97 Å². The maximum atomic E-state index is 10.6. The first-order chi connectivity index (χ1) is 7.15. The number of carboxylic acid groups (broad SMARTS) is 1. The van der Waals surface area contributed by atoms with E-state index in [1.54, 1.807) is 7.11 Å². The summed E-state index contributed by atoms with van der Waals surface area (Å²) < 4.78 is 5.49. The second-order valence-corrected chi connectivity index (χ2v) is 3.63. The molecule has 1 aromatic rings. The number of pyridine rings is 1. The Morgan fingerprint density at radius 2 is 2.47 bits per heavy atom. The SMILES string of the molecule is COCCNc1ncc(C(=O)O)cc1Br. The highest BCUT2D eigenvalue weighted by atomic mass is 79.9. The van der Waals surface area contributed by atoms with Crippen molar-refractivity contribution in [3.8, 4) is 0 Å². The summed E-state index contributed by atoms with van der Waals surface area (Å²) in [6.45, 7) is 1.18. The van der Waals surface area contributed by atoms with Gasteiger partial charge in [-0.25, -0.2) is 9.78 Å². The van der Waals surface area contributed by atoms with Crippen molar-refractivity contribution in [1.29, 1.82) is 0 Å². The largest absolute Gasteiger partial charge is 0.478 e. The molecule has 1 heterocycles. The molecule has 0 fully saturated rings. The van der Waals surface area contributed by atoms with Crippen molar-refractivity contribution in [1.82, 2.24) is 4.98 Å². The van der Waals surface area contributed by atoms with Gasteiger partial charge in [-0.3, -0.25) is 0 Å². The Morgan fingerprint density at radius 3 is 3.00 bits per heavy atom. The summed E-state index contributed by atoms with van der Waals surface area (Å²) in [6.07, 6.45) is 1.31. The van der Waals surface area contributed by atoms with Crippen LogP contribution in [-0.2, 0) is 4.74 Å². The van der Waals surface area contributed by atoms with Crippen LogP contribution in [0.5, 0.6) is 0 Å². The highest BCUT2D eigenvalue weighted by molar-refractivity contribution is 9.10. The summed E-state index contributed by atoms with van der Waals surface area (Å²) in [5, 5.41) is 11.7. The van der Waals surface area contributed by atoms with Crippen LogP contribution in [0.25, 0.3) is 0 Å². The zero-order valence-electron chi connectivity index (χ0n) is 8.16. The van der Waals surface area contributed by atoms with E-state index >= 15 is 0 Å². The predicted octanol–water partition coefficient (Wildman–Crippen LogP) is 1.60. The first-order valence-electron chi connectivity index (χ1n) is 4.27. The fourth-order valence-electron chi connectivity index (χ4n) is 0.956. The fraction of sp³-hybridized carbons (Fsp3) is 0.333. The van der Waals surface area contributed by atoms with Gasteiger partial charge in [0.05, 0.1) is 16.6 Å². The van der Waals surface area contributed by atoms with E-state index in [4.69, 9.17) is 9.84 Å². The zero-order chi connectivity index (χ0) is 11.3. The number of carbonyl (C=O) groups is 1. The number of halogens is 1. The van der Waals surface area contributed by atoms with Crippen molar-refractivity contribution in [2.45, 2.75) is 0 Å². The first kappa shape index (κ1) is 11.9. The Labute approximate surface area is 95.6 Å². The highest BCUT2D eigenvalue weighted by Crippen LogP contribution is 2.20. The van der Waals surface area contributed by atoms with Gasteiger partial charge in [0.1, 0.15) is 5.82 Å². The van der Waals surface area contributed by atoms with Crippen LogP contribution in [0.4, 0.5) is 5.82 Å². The van der Waals surface area contributed by atoms with Gasteiger partial charge in [-0.05, 0) is 22.0 Å². The van der Waals surface area contributed by atoms with Crippen molar-refractivity contribution in [2.75, 3.05) is 25.6 Å². The molecule has 2 N–H and O–H groups in total.